The first-order valence-electron chi connectivity index (χ1n) is 13.5. The summed E-state index contributed by atoms with van der Waals surface area (Å²) in [4.78, 5) is 39.1. The van der Waals surface area contributed by atoms with Crippen LogP contribution in [0.5, 0.6) is 5.75 Å². The maximum atomic E-state index is 13.2. The molecule has 0 spiro atoms. The average molecular weight is 551 g/mol. The Labute approximate surface area is 236 Å². The molecule has 2 aromatic carbocycles. The van der Waals surface area contributed by atoms with E-state index in [1.54, 1.807) is 29.1 Å². The molecule has 1 N–H and O–H groups in total. The van der Waals surface area contributed by atoms with Gasteiger partial charge in [-0.1, -0.05) is 0 Å². The summed E-state index contributed by atoms with van der Waals surface area (Å²) in [5.74, 6) is -0.352. The molecule has 1 aliphatic rings. The quantitative estimate of drug-likeness (QED) is 0.305. The van der Waals surface area contributed by atoms with Crippen LogP contribution in [0.15, 0.2) is 66.0 Å². The number of carboxylic acid groups (broad SMARTS) is 1. The number of fused-ring (bicyclic) bond motifs is 1. The molecule has 1 atom stereocenters. The Hall–Kier alpha value is -4.63. The van der Waals surface area contributed by atoms with Crippen LogP contribution in [0.2, 0.25) is 0 Å². The summed E-state index contributed by atoms with van der Waals surface area (Å²) >= 11 is 0. The van der Waals surface area contributed by atoms with Crippen molar-refractivity contribution in [3.05, 3.63) is 93.9 Å². The number of ether oxygens (including phenoxy) is 2. The lowest BCUT2D eigenvalue weighted by molar-refractivity contribution is -0.160. The molecular formula is C32H30N4O5. The van der Waals surface area contributed by atoms with E-state index in [-0.39, 0.29) is 12.1 Å². The highest BCUT2D eigenvalue weighted by atomic mass is 16.5. The van der Waals surface area contributed by atoms with Gasteiger partial charge in [0.25, 0.3) is 5.56 Å². The van der Waals surface area contributed by atoms with E-state index < -0.39 is 17.7 Å². The Bertz CT molecular complexity index is 1870. The van der Waals surface area contributed by atoms with Gasteiger partial charge in [-0.15, -0.1) is 0 Å². The van der Waals surface area contributed by atoms with Crippen LogP contribution in [0.4, 0.5) is 0 Å². The van der Waals surface area contributed by atoms with Gasteiger partial charge in [-0.05, 0) is 80.8 Å². The van der Waals surface area contributed by atoms with Gasteiger partial charge in [0, 0.05) is 46.8 Å². The van der Waals surface area contributed by atoms with Gasteiger partial charge in [0.05, 0.1) is 35.5 Å². The number of benzene rings is 2. The first-order valence-corrected chi connectivity index (χ1v) is 13.5. The lowest BCUT2D eigenvalue weighted by atomic mass is 9.86. The lowest BCUT2D eigenvalue weighted by Gasteiger charge is -2.29. The molecule has 0 aliphatic carbocycles. The van der Waals surface area contributed by atoms with E-state index in [9.17, 15) is 14.7 Å². The van der Waals surface area contributed by atoms with Crippen LogP contribution >= 0.6 is 0 Å². The molecule has 0 radical (unpaired) electrons. The van der Waals surface area contributed by atoms with Crippen molar-refractivity contribution in [1.82, 2.24) is 19.5 Å². The zero-order valence-electron chi connectivity index (χ0n) is 23.3. The third kappa shape index (κ3) is 4.82. The van der Waals surface area contributed by atoms with Gasteiger partial charge in [-0.2, -0.15) is 0 Å². The molecule has 5 aromatic rings. The van der Waals surface area contributed by atoms with E-state index in [2.05, 4.69) is 9.97 Å². The summed E-state index contributed by atoms with van der Waals surface area (Å²) in [7, 11) is 0. The smallest absolute Gasteiger partial charge is 0.337 e. The van der Waals surface area contributed by atoms with Crippen molar-refractivity contribution in [2.75, 3.05) is 6.61 Å². The van der Waals surface area contributed by atoms with Crippen LogP contribution in [-0.2, 0) is 22.5 Å². The van der Waals surface area contributed by atoms with Crippen molar-refractivity contribution in [3.8, 4) is 16.9 Å². The fourth-order valence-electron chi connectivity index (χ4n) is 5.64. The topological polar surface area (TPSA) is 116 Å². The maximum absolute atomic E-state index is 13.2. The molecule has 0 saturated heterocycles. The van der Waals surface area contributed by atoms with E-state index in [0.29, 0.717) is 45.4 Å². The average Bonchev–Trinajstić information content (AvgIpc) is 2.94. The van der Waals surface area contributed by atoms with Gasteiger partial charge in [0.2, 0.25) is 0 Å². The highest BCUT2D eigenvalue weighted by Gasteiger charge is 2.33. The second-order valence-corrected chi connectivity index (χ2v) is 11.2. The number of hydrogen-bond acceptors (Lipinski definition) is 7. The van der Waals surface area contributed by atoms with Crippen molar-refractivity contribution in [2.24, 2.45) is 0 Å². The van der Waals surface area contributed by atoms with E-state index in [1.165, 1.54) is 12.4 Å². The number of pyridine rings is 2. The number of aromatic nitrogens is 4. The number of carboxylic acids is 1. The predicted octanol–water partition coefficient (Wildman–Crippen LogP) is 5.24. The Kier molecular flexibility index (Phi) is 6.54. The molecule has 0 fully saturated rings. The molecule has 0 saturated carbocycles. The van der Waals surface area contributed by atoms with Crippen LogP contribution in [-0.4, -0.2) is 42.8 Å². The molecular weight excluding hydrogens is 520 g/mol. The molecule has 4 heterocycles. The van der Waals surface area contributed by atoms with Gasteiger partial charge in [0.15, 0.2) is 6.10 Å². The minimum atomic E-state index is -1.27. The molecule has 3 aromatic heterocycles. The highest BCUT2D eigenvalue weighted by Crippen LogP contribution is 2.44. The number of hydrogen-bond donors (Lipinski definition) is 1. The van der Waals surface area contributed by atoms with Gasteiger partial charge in [-0.3, -0.25) is 9.78 Å². The molecule has 1 aliphatic heterocycles. The Balaban J connectivity index is 1.73. The minimum absolute atomic E-state index is 0.196. The van der Waals surface area contributed by atoms with Crippen LogP contribution < -0.4 is 10.3 Å². The summed E-state index contributed by atoms with van der Waals surface area (Å²) in [6.07, 6.45) is 4.35. The van der Waals surface area contributed by atoms with Crippen molar-refractivity contribution in [3.63, 3.8) is 0 Å². The minimum Gasteiger partial charge on any atom is -0.493 e. The molecule has 9 heteroatoms. The largest absolute Gasteiger partial charge is 0.493 e. The molecule has 0 bridgehead atoms. The highest BCUT2D eigenvalue weighted by molar-refractivity contribution is 6.08. The molecule has 208 valence electrons. The van der Waals surface area contributed by atoms with Crippen molar-refractivity contribution < 1.29 is 19.4 Å². The number of nitrogens with zero attached hydrogens (tertiary/aromatic N) is 4. The molecule has 0 unspecified atom stereocenters. The van der Waals surface area contributed by atoms with Crippen LogP contribution in [0.25, 0.3) is 32.9 Å². The maximum Gasteiger partial charge on any atom is 0.337 e. The van der Waals surface area contributed by atoms with Crippen LogP contribution in [0.3, 0.4) is 0 Å². The number of aliphatic carboxylic acids is 1. The van der Waals surface area contributed by atoms with E-state index in [0.717, 1.165) is 28.7 Å². The van der Waals surface area contributed by atoms with Crippen LogP contribution in [0, 0.1) is 6.92 Å². The zero-order chi connectivity index (χ0) is 28.9. The second-order valence-electron chi connectivity index (χ2n) is 11.2. The summed E-state index contributed by atoms with van der Waals surface area (Å²) < 4.78 is 13.8. The monoisotopic (exact) mass is 550 g/mol. The summed E-state index contributed by atoms with van der Waals surface area (Å²) in [5, 5.41) is 12.1. The summed E-state index contributed by atoms with van der Waals surface area (Å²) in [6.45, 7) is 8.17. The van der Waals surface area contributed by atoms with E-state index in [1.807, 2.05) is 52.0 Å². The van der Waals surface area contributed by atoms with E-state index in [4.69, 9.17) is 14.5 Å². The third-order valence-corrected chi connectivity index (χ3v) is 7.30. The van der Waals surface area contributed by atoms with Crippen LogP contribution in [0.1, 0.15) is 49.3 Å². The Morgan fingerprint density at radius 3 is 2.68 bits per heavy atom. The van der Waals surface area contributed by atoms with Crippen molar-refractivity contribution in [1.29, 1.82) is 0 Å². The number of rotatable bonds is 6. The first kappa shape index (κ1) is 26.6. The summed E-state index contributed by atoms with van der Waals surface area (Å²) in [5.41, 5.74) is 4.85. The van der Waals surface area contributed by atoms with Crippen molar-refractivity contribution >= 4 is 27.8 Å². The molecule has 0 amide bonds. The standard InChI is InChI=1S/C32H30N4O5/c1-18-15-23-21(6-8-25(37)36(23)16-20-10-12-33-17-35-20)28(26(18)30(31(38)39)41-32(2,3)4)22-5-7-24-27-19(11-14-40-24)9-13-34-29(22)27/h5-10,12-13,15,17,30H,11,14,16H2,1-4H3,(H,38,39)/t30-/m0/s1. The van der Waals surface area contributed by atoms with Gasteiger partial charge < -0.3 is 19.1 Å². The molecule has 6 rings (SSSR count). The summed E-state index contributed by atoms with van der Waals surface area (Å²) in [6, 6.07) is 12.7. The molecule has 41 heavy (non-hydrogen) atoms. The van der Waals surface area contributed by atoms with E-state index >= 15 is 0 Å². The van der Waals surface area contributed by atoms with Gasteiger partial charge >= 0.3 is 5.97 Å². The first-order chi connectivity index (χ1) is 19.6. The Morgan fingerprint density at radius 1 is 1.12 bits per heavy atom. The fourth-order valence-corrected chi connectivity index (χ4v) is 5.64. The predicted molar refractivity (Wildman–Crippen MR) is 155 cm³/mol. The fraction of sp³-hybridized carbons (Fsp3) is 0.281. The lowest BCUT2D eigenvalue weighted by Crippen LogP contribution is -2.28. The van der Waals surface area contributed by atoms with Gasteiger partial charge in [-0.25, -0.2) is 14.8 Å². The van der Waals surface area contributed by atoms with Gasteiger partial charge in [0.1, 0.15) is 12.1 Å². The number of aryl methyl sites for hydroxylation is 1. The zero-order valence-corrected chi connectivity index (χ0v) is 23.3. The Morgan fingerprint density at radius 2 is 1.95 bits per heavy atom. The third-order valence-electron chi connectivity index (χ3n) is 7.30. The SMILES string of the molecule is Cc1cc2c(ccc(=O)n2Cc2ccncn2)c(-c2ccc3c4c(ccnc24)CCO3)c1[C@H](OC(C)(C)C)C(=O)O. The second kappa shape index (κ2) is 10.1. The molecule has 9 nitrogen and oxygen atoms in total. The van der Waals surface area contributed by atoms with Crippen molar-refractivity contribution in [2.45, 2.75) is 52.4 Å². The number of carbonyl (C=O) groups is 1. The normalized spacial score (nSPS) is 13.8.